The van der Waals surface area contributed by atoms with Crippen molar-refractivity contribution < 1.29 is 14.4 Å². The highest BCUT2D eigenvalue weighted by molar-refractivity contribution is 5.93. The number of nitrogens with zero attached hydrogens (tertiary/aromatic N) is 1. The van der Waals surface area contributed by atoms with Crippen LogP contribution in [0.4, 0.5) is 0 Å². The molecule has 1 heterocycles. The SMILES string of the molecule is CCOC(=O)[C@]1(C)CCC[C@@]2(C)[C@@H]3CC[C@@]4(C)C[C@]3(CC[C@@H]21)C/C4=N\OC/C=C/c1ccc2[nH]ccc2c1. The number of benzene rings is 1. The van der Waals surface area contributed by atoms with Crippen LogP contribution in [0.15, 0.2) is 41.7 Å². The highest BCUT2D eigenvalue weighted by Crippen LogP contribution is 2.73. The molecule has 38 heavy (non-hydrogen) atoms. The van der Waals surface area contributed by atoms with E-state index in [0.29, 0.717) is 30.5 Å². The van der Waals surface area contributed by atoms with Gasteiger partial charge < -0.3 is 14.6 Å². The highest BCUT2D eigenvalue weighted by Gasteiger charge is 2.67. The molecule has 4 fully saturated rings. The fraction of sp³-hybridized carbons (Fsp3) is 0.636. The van der Waals surface area contributed by atoms with Crippen LogP contribution in [0.25, 0.3) is 17.0 Å². The summed E-state index contributed by atoms with van der Waals surface area (Å²) in [4.78, 5) is 22.3. The van der Waals surface area contributed by atoms with Crippen LogP contribution in [0, 0.1) is 33.5 Å². The minimum Gasteiger partial charge on any atom is -0.466 e. The smallest absolute Gasteiger partial charge is 0.312 e. The van der Waals surface area contributed by atoms with Crippen LogP contribution in [0.3, 0.4) is 0 Å². The number of carbonyl (C=O) groups excluding carboxylic acids is 1. The Morgan fingerprint density at radius 1 is 1.11 bits per heavy atom. The Morgan fingerprint density at radius 3 is 2.79 bits per heavy atom. The average molecular weight is 517 g/mol. The van der Waals surface area contributed by atoms with Crippen LogP contribution in [0.2, 0.25) is 0 Å². The van der Waals surface area contributed by atoms with Crippen molar-refractivity contribution in [3.05, 3.63) is 42.1 Å². The first kappa shape index (κ1) is 25.7. The molecule has 1 spiro atoms. The van der Waals surface area contributed by atoms with E-state index in [0.717, 1.165) is 31.2 Å². The highest BCUT2D eigenvalue weighted by atomic mass is 16.6. The maximum absolute atomic E-state index is 13.2. The molecule has 2 bridgehead atoms. The van der Waals surface area contributed by atoms with E-state index in [2.05, 4.69) is 62.2 Å². The fourth-order valence-corrected chi connectivity index (χ4v) is 9.73. The van der Waals surface area contributed by atoms with E-state index in [1.165, 1.54) is 48.8 Å². The van der Waals surface area contributed by atoms with Crippen molar-refractivity contribution in [2.24, 2.45) is 38.7 Å². The second-order valence-corrected chi connectivity index (χ2v) is 13.5. The summed E-state index contributed by atoms with van der Waals surface area (Å²) in [7, 11) is 0. The molecule has 5 heteroatoms. The van der Waals surface area contributed by atoms with E-state index in [1.54, 1.807) is 0 Å². The molecule has 0 amide bonds. The van der Waals surface area contributed by atoms with E-state index in [-0.39, 0.29) is 22.2 Å². The van der Waals surface area contributed by atoms with E-state index < -0.39 is 0 Å². The van der Waals surface area contributed by atoms with Crippen LogP contribution < -0.4 is 0 Å². The molecule has 0 radical (unpaired) electrons. The Kier molecular flexibility index (Phi) is 6.27. The monoisotopic (exact) mass is 516 g/mol. The average Bonchev–Trinajstić information content (AvgIpc) is 3.43. The van der Waals surface area contributed by atoms with Crippen molar-refractivity contribution in [1.29, 1.82) is 0 Å². The molecule has 4 aliphatic carbocycles. The van der Waals surface area contributed by atoms with Gasteiger partial charge in [0.15, 0.2) is 0 Å². The first-order chi connectivity index (χ1) is 18.2. The Bertz CT molecular complexity index is 1280. The van der Waals surface area contributed by atoms with Gasteiger partial charge in [-0.2, -0.15) is 0 Å². The Labute approximate surface area is 227 Å². The number of oxime groups is 1. The molecule has 4 saturated carbocycles. The third kappa shape index (κ3) is 3.95. The van der Waals surface area contributed by atoms with Gasteiger partial charge in [0.2, 0.25) is 0 Å². The molecule has 5 nitrogen and oxygen atoms in total. The number of aromatic amines is 1. The lowest BCUT2D eigenvalue weighted by Gasteiger charge is -2.64. The van der Waals surface area contributed by atoms with Crippen LogP contribution in [0.5, 0.6) is 0 Å². The van der Waals surface area contributed by atoms with Crippen molar-refractivity contribution in [2.75, 3.05) is 13.2 Å². The van der Waals surface area contributed by atoms with Crippen LogP contribution in [-0.4, -0.2) is 29.9 Å². The minimum atomic E-state index is -0.345. The number of aromatic nitrogens is 1. The molecule has 6 atom stereocenters. The zero-order chi connectivity index (χ0) is 26.6. The summed E-state index contributed by atoms with van der Waals surface area (Å²) in [6, 6.07) is 8.52. The number of rotatable bonds is 6. The lowest BCUT2D eigenvalue weighted by atomic mass is 9.40. The number of hydrogen-bond acceptors (Lipinski definition) is 4. The third-order valence-corrected chi connectivity index (χ3v) is 11.4. The zero-order valence-electron chi connectivity index (χ0n) is 23.6. The normalized spacial score (nSPS) is 39.3. The lowest BCUT2D eigenvalue weighted by molar-refractivity contribution is -0.187. The Balaban J connectivity index is 1.16. The van der Waals surface area contributed by atoms with Gasteiger partial charge in [-0.3, -0.25) is 4.79 Å². The predicted octanol–water partition coefficient (Wildman–Crippen LogP) is 7.92. The topological polar surface area (TPSA) is 63.7 Å². The fourth-order valence-electron chi connectivity index (χ4n) is 9.73. The molecular formula is C33H44N2O3. The lowest BCUT2D eigenvalue weighted by Crippen LogP contribution is -2.58. The Morgan fingerprint density at radius 2 is 1.95 bits per heavy atom. The third-order valence-electron chi connectivity index (χ3n) is 11.4. The molecule has 4 aliphatic rings. The molecular weight excluding hydrogens is 472 g/mol. The summed E-state index contributed by atoms with van der Waals surface area (Å²) >= 11 is 0. The second-order valence-electron chi connectivity index (χ2n) is 13.5. The predicted molar refractivity (Wildman–Crippen MR) is 153 cm³/mol. The molecule has 1 aromatic heterocycles. The number of nitrogens with one attached hydrogen (secondary N) is 1. The van der Waals surface area contributed by atoms with Crippen molar-refractivity contribution >= 4 is 28.7 Å². The number of ether oxygens (including phenoxy) is 1. The number of carbonyl (C=O) groups is 1. The maximum atomic E-state index is 13.2. The van der Waals surface area contributed by atoms with Crippen molar-refractivity contribution in [2.45, 2.75) is 85.5 Å². The number of fused-ring (bicyclic) bond motifs is 4. The number of esters is 1. The van der Waals surface area contributed by atoms with Gasteiger partial charge in [-0.05, 0) is 123 Å². The minimum absolute atomic E-state index is 0.0377. The molecule has 204 valence electrons. The summed E-state index contributed by atoms with van der Waals surface area (Å²) < 4.78 is 5.63. The van der Waals surface area contributed by atoms with Crippen LogP contribution >= 0.6 is 0 Å². The van der Waals surface area contributed by atoms with E-state index in [9.17, 15) is 4.79 Å². The molecule has 0 unspecified atom stereocenters. The summed E-state index contributed by atoms with van der Waals surface area (Å²) in [5, 5.41) is 6.01. The van der Waals surface area contributed by atoms with E-state index >= 15 is 0 Å². The van der Waals surface area contributed by atoms with Gasteiger partial charge in [0.1, 0.15) is 6.61 Å². The van der Waals surface area contributed by atoms with Gasteiger partial charge in [-0.25, -0.2) is 0 Å². The summed E-state index contributed by atoms with van der Waals surface area (Å²) in [6.07, 6.45) is 16.5. The molecule has 0 saturated heterocycles. The van der Waals surface area contributed by atoms with Crippen molar-refractivity contribution in [1.82, 2.24) is 4.98 Å². The maximum Gasteiger partial charge on any atom is 0.312 e. The standard InChI is InChI=1S/C33H44N2O3/c1-5-37-29(36)32(4)15-7-14-31(3)26(32)12-17-33-21-28(30(2,22-33)16-11-27(31)33)35-38-19-6-8-23-9-10-25-24(20-23)13-18-34-25/h6,8-10,13,18,20,26-27,34H,5,7,11-12,14-17,19,21-22H2,1-4H3/b8-6+,35-28+/t26-,27-,30-,31+,32+,33-/m0/s1. The second kappa shape index (κ2) is 9.27. The van der Waals surface area contributed by atoms with Gasteiger partial charge in [0, 0.05) is 17.1 Å². The molecule has 6 rings (SSSR count). The quantitative estimate of drug-likeness (QED) is 0.241. The van der Waals surface area contributed by atoms with Crippen molar-refractivity contribution in [3.63, 3.8) is 0 Å². The number of H-pyrrole nitrogens is 1. The first-order valence-corrected chi connectivity index (χ1v) is 14.8. The van der Waals surface area contributed by atoms with Gasteiger partial charge in [-0.15, -0.1) is 0 Å². The number of hydrogen-bond donors (Lipinski definition) is 1. The summed E-state index contributed by atoms with van der Waals surface area (Å²) in [6.45, 7) is 10.0. The van der Waals surface area contributed by atoms with Crippen molar-refractivity contribution in [3.8, 4) is 0 Å². The van der Waals surface area contributed by atoms with E-state index in [1.807, 2.05) is 13.1 Å². The first-order valence-electron chi connectivity index (χ1n) is 14.8. The molecule has 2 aromatic rings. The van der Waals surface area contributed by atoms with E-state index in [4.69, 9.17) is 14.7 Å². The molecule has 1 aromatic carbocycles. The summed E-state index contributed by atoms with van der Waals surface area (Å²) in [5.41, 5.74) is 3.89. The zero-order valence-corrected chi connectivity index (χ0v) is 23.6. The van der Waals surface area contributed by atoms with Gasteiger partial charge >= 0.3 is 5.97 Å². The van der Waals surface area contributed by atoms with Gasteiger partial charge in [0.25, 0.3) is 0 Å². The molecule has 0 aliphatic heterocycles. The van der Waals surface area contributed by atoms with Crippen LogP contribution in [0.1, 0.15) is 91.0 Å². The largest absolute Gasteiger partial charge is 0.466 e. The van der Waals surface area contributed by atoms with Gasteiger partial charge in [-0.1, -0.05) is 37.6 Å². The van der Waals surface area contributed by atoms with Crippen LogP contribution in [-0.2, 0) is 14.4 Å². The van der Waals surface area contributed by atoms with Gasteiger partial charge in [0.05, 0.1) is 17.7 Å². The summed E-state index contributed by atoms with van der Waals surface area (Å²) in [5.74, 6) is 1.10. The Hall–Kier alpha value is -2.56. The molecule has 1 N–H and O–H groups in total.